The van der Waals surface area contributed by atoms with E-state index in [4.69, 9.17) is 0 Å². The maximum Gasteiger partial charge on any atom is 0.264 e. The number of carbonyl (C=O) groups is 2. The lowest BCUT2D eigenvalue weighted by molar-refractivity contribution is 0.0587. The normalized spacial score (nSPS) is 17.2. The highest BCUT2D eigenvalue weighted by molar-refractivity contribution is 7.12. The first-order valence-electron chi connectivity index (χ1n) is 7.71. The van der Waals surface area contributed by atoms with Crippen LogP contribution in [-0.4, -0.2) is 47.7 Å². The van der Waals surface area contributed by atoms with Crippen LogP contribution in [0.25, 0.3) is 0 Å². The third kappa shape index (κ3) is 3.54. The molecule has 0 bridgehead atoms. The monoisotopic (exact) mass is 348 g/mol. The highest BCUT2D eigenvalue weighted by atomic mass is 32.1. The zero-order valence-corrected chi connectivity index (χ0v) is 15.0. The molecule has 0 N–H and O–H groups in total. The van der Waals surface area contributed by atoms with E-state index in [1.54, 1.807) is 22.8 Å². The van der Waals surface area contributed by atoms with Gasteiger partial charge in [0.2, 0.25) is 0 Å². The van der Waals surface area contributed by atoms with Crippen molar-refractivity contribution < 1.29 is 9.59 Å². The fourth-order valence-corrected chi connectivity index (χ4v) is 4.48. The Hall–Kier alpha value is -1.50. The number of Topliss-reactive ketones (excluding diaryl/α,β-unsaturated/α-hetero) is 1. The number of rotatable bonds is 4. The molecule has 4 nitrogen and oxygen atoms in total. The van der Waals surface area contributed by atoms with Gasteiger partial charge in [-0.1, -0.05) is 0 Å². The standard InChI is InChI=1S/C17H20N2O2S2/c1-12(14-3-8-22-10-14)18-4-6-19(7-5-18)17(21)16-9-15(11-23-16)13(2)20/h3,8-12H,4-7H2,1-2H3/t12-/m1/s1. The van der Waals surface area contributed by atoms with Crippen molar-refractivity contribution >= 4 is 34.4 Å². The van der Waals surface area contributed by atoms with Crippen molar-refractivity contribution in [3.63, 3.8) is 0 Å². The van der Waals surface area contributed by atoms with Crippen LogP contribution in [0.4, 0.5) is 0 Å². The molecule has 0 unspecified atom stereocenters. The number of thiophene rings is 2. The van der Waals surface area contributed by atoms with E-state index in [9.17, 15) is 9.59 Å². The maximum atomic E-state index is 12.5. The van der Waals surface area contributed by atoms with Gasteiger partial charge in [-0.25, -0.2) is 0 Å². The van der Waals surface area contributed by atoms with Crippen LogP contribution < -0.4 is 0 Å². The fraction of sp³-hybridized carbons (Fsp3) is 0.412. The zero-order valence-electron chi connectivity index (χ0n) is 13.3. The van der Waals surface area contributed by atoms with Crippen LogP contribution in [0.1, 0.15) is 45.5 Å². The van der Waals surface area contributed by atoms with E-state index in [2.05, 4.69) is 28.7 Å². The van der Waals surface area contributed by atoms with Crippen molar-refractivity contribution in [2.45, 2.75) is 19.9 Å². The van der Waals surface area contributed by atoms with Crippen molar-refractivity contribution in [2.24, 2.45) is 0 Å². The Balaban J connectivity index is 1.59. The number of ketones is 1. The number of amides is 1. The van der Waals surface area contributed by atoms with E-state index in [1.165, 1.54) is 23.8 Å². The van der Waals surface area contributed by atoms with Gasteiger partial charge >= 0.3 is 0 Å². The first-order chi connectivity index (χ1) is 11.1. The predicted octanol–water partition coefficient (Wildman–Crippen LogP) is 3.53. The zero-order chi connectivity index (χ0) is 16.4. The van der Waals surface area contributed by atoms with Crippen LogP contribution in [0, 0.1) is 0 Å². The number of carbonyl (C=O) groups excluding carboxylic acids is 2. The molecule has 1 aliphatic rings. The molecule has 23 heavy (non-hydrogen) atoms. The average molecular weight is 348 g/mol. The molecule has 122 valence electrons. The van der Waals surface area contributed by atoms with Gasteiger partial charge in [-0.2, -0.15) is 11.3 Å². The van der Waals surface area contributed by atoms with Crippen LogP contribution in [0.3, 0.4) is 0 Å². The Morgan fingerprint density at radius 3 is 2.48 bits per heavy atom. The Bertz CT molecular complexity index is 685. The van der Waals surface area contributed by atoms with E-state index in [-0.39, 0.29) is 11.7 Å². The molecule has 1 saturated heterocycles. The first-order valence-corrected chi connectivity index (χ1v) is 9.53. The molecule has 1 amide bonds. The second-order valence-electron chi connectivity index (χ2n) is 5.82. The summed E-state index contributed by atoms with van der Waals surface area (Å²) in [4.78, 5) is 28.9. The van der Waals surface area contributed by atoms with Crippen LogP contribution in [0.2, 0.25) is 0 Å². The van der Waals surface area contributed by atoms with E-state index >= 15 is 0 Å². The van der Waals surface area contributed by atoms with Gasteiger partial charge in [0.25, 0.3) is 5.91 Å². The third-order valence-corrected chi connectivity index (χ3v) is 6.01. The number of hydrogen-bond acceptors (Lipinski definition) is 5. The van der Waals surface area contributed by atoms with E-state index in [0.717, 1.165) is 26.2 Å². The lowest BCUT2D eigenvalue weighted by Crippen LogP contribution is -2.49. The maximum absolute atomic E-state index is 12.5. The van der Waals surface area contributed by atoms with Crippen LogP contribution >= 0.6 is 22.7 Å². The smallest absolute Gasteiger partial charge is 0.264 e. The van der Waals surface area contributed by atoms with E-state index in [1.807, 2.05) is 4.90 Å². The first kappa shape index (κ1) is 16.4. The second-order valence-corrected chi connectivity index (χ2v) is 7.51. The highest BCUT2D eigenvalue weighted by Gasteiger charge is 2.26. The molecule has 3 heterocycles. The Morgan fingerprint density at radius 2 is 1.91 bits per heavy atom. The van der Waals surface area contributed by atoms with E-state index in [0.29, 0.717) is 16.5 Å². The summed E-state index contributed by atoms with van der Waals surface area (Å²) < 4.78 is 0. The van der Waals surface area contributed by atoms with Crippen molar-refractivity contribution in [3.05, 3.63) is 44.3 Å². The van der Waals surface area contributed by atoms with E-state index < -0.39 is 0 Å². The van der Waals surface area contributed by atoms with Gasteiger partial charge in [0.15, 0.2) is 5.78 Å². The molecular weight excluding hydrogens is 328 g/mol. The molecule has 0 saturated carbocycles. The summed E-state index contributed by atoms with van der Waals surface area (Å²) in [6.07, 6.45) is 0. The van der Waals surface area contributed by atoms with Crippen LogP contribution in [-0.2, 0) is 0 Å². The van der Waals surface area contributed by atoms with Gasteiger partial charge in [-0.15, -0.1) is 11.3 Å². The molecule has 1 fully saturated rings. The minimum atomic E-state index is 0.00899. The average Bonchev–Trinajstić information content (AvgIpc) is 3.25. The Morgan fingerprint density at radius 1 is 1.17 bits per heavy atom. The number of piperazine rings is 1. The summed E-state index contributed by atoms with van der Waals surface area (Å²) in [6.45, 7) is 6.99. The summed E-state index contributed by atoms with van der Waals surface area (Å²) in [7, 11) is 0. The van der Waals surface area contributed by atoms with Gasteiger partial charge in [0, 0.05) is 43.2 Å². The molecule has 2 aromatic rings. The lowest BCUT2D eigenvalue weighted by Gasteiger charge is -2.37. The van der Waals surface area contributed by atoms with Crippen molar-refractivity contribution in [1.29, 1.82) is 0 Å². The van der Waals surface area contributed by atoms with Crippen molar-refractivity contribution in [2.75, 3.05) is 26.2 Å². The molecule has 6 heteroatoms. The molecular formula is C17H20N2O2S2. The third-order valence-electron chi connectivity index (χ3n) is 4.39. The molecule has 0 radical (unpaired) electrons. The van der Waals surface area contributed by atoms with Crippen LogP contribution in [0.5, 0.6) is 0 Å². The van der Waals surface area contributed by atoms with Crippen molar-refractivity contribution in [3.8, 4) is 0 Å². The summed E-state index contributed by atoms with van der Waals surface area (Å²) in [5.41, 5.74) is 1.97. The minimum absolute atomic E-state index is 0.00899. The molecule has 1 atom stereocenters. The summed E-state index contributed by atoms with van der Waals surface area (Å²) in [5, 5.41) is 6.07. The van der Waals surface area contributed by atoms with Gasteiger partial charge in [0.05, 0.1) is 4.88 Å². The Kier molecular flexibility index (Phi) is 4.94. The number of nitrogens with zero attached hydrogens (tertiary/aromatic N) is 2. The molecule has 2 aromatic heterocycles. The van der Waals surface area contributed by atoms with Gasteiger partial charge in [0.1, 0.15) is 0 Å². The molecule has 1 aliphatic heterocycles. The largest absolute Gasteiger partial charge is 0.335 e. The van der Waals surface area contributed by atoms with Crippen LogP contribution in [0.15, 0.2) is 28.3 Å². The molecule has 0 spiro atoms. The summed E-state index contributed by atoms with van der Waals surface area (Å²) in [5.74, 6) is 0.0556. The fourth-order valence-electron chi connectivity index (χ4n) is 2.82. The molecule has 0 aliphatic carbocycles. The minimum Gasteiger partial charge on any atom is -0.335 e. The van der Waals surface area contributed by atoms with Gasteiger partial charge in [-0.3, -0.25) is 14.5 Å². The SMILES string of the molecule is CC(=O)c1csc(C(=O)N2CCN([C@H](C)c3ccsc3)CC2)c1. The van der Waals surface area contributed by atoms with Crippen molar-refractivity contribution in [1.82, 2.24) is 9.80 Å². The molecule has 3 rings (SSSR count). The lowest BCUT2D eigenvalue weighted by atomic mass is 10.1. The summed E-state index contributed by atoms with van der Waals surface area (Å²) in [6, 6.07) is 4.28. The quantitative estimate of drug-likeness (QED) is 0.794. The second kappa shape index (κ2) is 6.95. The van der Waals surface area contributed by atoms with Gasteiger partial charge < -0.3 is 4.90 Å². The highest BCUT2D eigenvalue weighted by Crippen LogP contribution is 2.24. The topological polar surface area (TPSA) is 40.6 Å². The summed E-state index contributed by atoms with van der Waals surface area (Å²) >= 11 is 3.08. The Labute approximate surface area is 144 Å². The molecule has 0 aromatic carbocycles. The van der Waals surface area contributed by atoms with Gasteiger partial charge in [-0.05, 0) is 42.3 Å². The predicted molar refractivity (Wildman–Crippen MR) is 94.5 cm³/mol. The number of hydrogen-bond donors (Lipinski definition) is 0.